The third-order valence-electron chi connectivity index (χ3n) is 4.65. The fourth-order valence-electron chi connectivity index (χ4n) is 3.37. The molecule has 0 aromatic heterocycles. The Balaban J connectivity index is 2.03. The minimum Gasteiger partial charge on any atom is -0.325 e. The topological polar surface area (TPSA) is 32.3 Å². The number of rotatable bonds is 4. The van der Waals surface area contributed by atoms with E-state index in [-0.39, 0.29) is 6.04 Å². The van der Waals surface area contributed by atoms with Gasteiger partial charge in [0.1, 0.15) is 0 Å². The molecule has 0 radical (unpaired) electrons. The van der Waals surface area contributed by atoms with Crippen molar-refractivity contribution < 1.29 is 4.79 Å². The van der Waals surface area contributed by atoms with Gasteiger partial charge in [0, 0.05) is 6.54 Å². The normalized spacial score (nSPS) is 29.5. The Bertz CT molecular complexity index is 315. The van der Waals surface area contributed by atoms with Crippen molar-refractivity contribution in [2.45, 2.75) is 78.4 Å². The molecule has 1 heterocycles. The zero-order valence-electron chi connectivity index (χ0n) is 13.0. The van der Waals surface area contributed by atoms with Gasteiger partial charge < -0.3 is 4.90 Å². The fraction of sp³-hybridized carbons (Fsp3) is 0.938. The minimum absolute atomic E-state index is 0.0607. The molecule has 0 bridgehead atoms. The number of carbonyl (C=O) groups excluding carboxylic acids is 1. The third kappa shape index (κ3) is 3.50. The molecule has 2 fully saturated rings. The second kappa shape index (κ2) is 5.82. The van der Waals surface area contributed by atoms with Crippen LogP contribution in [-0.4, -0.2) is 29.6 Å². The second-order valence-corrected chi connectivity index (χ2v) is 7.46. The number of nitrogens with zero attached hydrogens (tertiary/aromatic N) is 1. The highest BCUT2D eigenvalue weighted by molar-refractivity contribution is 5.84. The van der Waals surface area contributed by atoms with Crippen LogP contribution in [0.3, 0.4) is 0 Å². The lowest BCUT2D eigenvalue weighted by molar-refractivity contribution is -0.131. The van der Waals surface area contributed by atoms with E-state index < -0.39 is 0 Å². The molecule has 1 saturated heterocycles. The van der Waals surface area contributed by atoms with Gasteiger partial charge in [-0.15, -0.1) is 0 Å². The van der Waals surface area contributed by atoms with Crippen molar-refractivity contribution in [3.63, 3.8) is 0 Å². The van der Waals surface area contributed by atoms with Crippen LogP contribution >= 0.6 is 0 Å². The van der Waals surface area contributed by atoms with Crippen LogP contribution in [0.1, 0.15) is 66.2 Å². The molecule has 1 saturated carbocycles. The quantitative estimate of drug-likeness (QED) is 0.848. The summed E-state index contributed by atoms with van der Waals surface area (Å²) in [5.41, 5.74) is 0.296. The summed E-state index contributed by atoms with van der Waals surface area (Å²) < 4.78 is 0. The number of amides is 1. The predicted octanol–water partition coefficient (Wildman–Crippen LogP) is 3.15. The van der Waals surface area contributed by atoms with E-state index in [0.29, 0.717) is 23.4 Å². The van der Waals surface area contributed by atoms with Gasteiger partial charge in [-0.05, 0) is 37.0 Å². The van der Waals surface area contributed by atoms with Gasteiger partial charge in [0.2, 0.25) is 5.91 Å². The molecule has 1 aliphatic heterocycles. The van der Waals surface area contributed by atoms with Gasteiger partial charge in [-0.3, -0.25) is 10.1 Å². The molecule has 3 nitrogen and oxygen atoms in total. The van der Waals surface area contributed by atoms with Gasteiger partial charge >= 0.3 is 0 Å². The third-order valence-corrected chi connectivity index (χ3v) is 4.65. The first-order valence-electron chi connectivity index (χ1n) is 7.99. The van der Waals surface area contributed by atoms with Crippen LogP contribution in [0, 0.1) is 11.3 Å². The first-order valence-corrected chi connectivity index (χ1v) is 7.99. The first-order chi connectivity index (χ1) is 8.92. The van der Waals surface area contributed by atoms with Crippen LogP contribution in [0.4, 0.5) is 0 Å². The van der Waals surface area contributed by atoms with Crippen molar-refractivity contribution in [2.24, 2.45) is 11.3 Å². The van der Waals surface area contributed by atoms with Crippen LogP contribution < -0.4 is 5.32 Å². The van der Waals surface area contributed by atoms with E-state index in [2.05, 4.69) is 37.9 Å². The molecule has 2 unspecified atom stereocenters. The molecule has 0 aromatic rings. The molecule has 0 aromatic carbocycles. The summed E-state index contributed by atoms with van der Waals surface area (Å²) >= 11 is 0. The summed E-state index contributed by atoms with van der Waals surface area (Å²) in [5, 5.41) is 3.60. The van der Waals surface area contributed by atoms with Gasteiger partial charge in [-0.25, -0.2) is 0 Å². The van der Waals surface area contributed by atoms with E-state index >= 15 is 0 Å². The molecule has 1 aliphatic carbocycles. The number of hydrogen-bond donors (Lipinski definition) is 1. The molecule has 2 aliphatic rings. The lowest BCUT2D eigenvalue weighted by atomic mass is 9.91. The monoisotopic (exact) mass is 266 g/mol. The highest BCUT2D eigenvalue weighted by atomic mass is 16.2. The van der Waals surface area contributed by atoms with Crippen LogP contribution in [0.2, 0.25) is 0 Å². The maximum atomic E-state index is 12.5. The SMILES string of the molecule is CCC1NC(C2CCCC2)N(CCC(C)(C)C)C1=O. The van der Waals surface area contributed by atoms with Gasteiger partial charge in [-0.1, -0.05) is 40.5 Å². The summed E-state index contributed by atoms with van der Waals surface area (Å²) in [6.07, 6.45) is 7.54. The Kier molecular flexibility index (Phi) is 4.54. The second-order valence-electron chi connectivity index (χ2n) is 7.46. The molecule has 2 rings (SSSR count). The van der Waals surface area contributed by atoms with Crippen LogP contribution in [0.5, 0.6) is 0 Å². The lowest BCUT2D eigenvalue weighted by Gasteiger charge is -2.31. The van der Waals surface area contributed by atoms with Gasteiger partial charge in [-0.2, -0.15) is 0 Å². The standard InChI is InChI=1S/C16H30N2O/c1-5-13-15(19)18(11-10-16(2,3)4)14(17-13)12-8-6-7-9-12/h12-14,17H,5-11H2,1-4H3. The van der Waals surface area contributed by atoms with Crippen LogP contribution in [-0.2, 0) is 4.79 Å². The zero-order chi connectivity index (χ0) is 14.0. The van der Waals surface area contributed by atoms with Crippen LogP contribution in [0.15, 0.2) is 0 Å². The average molecular weight is 266 g/mol. The Morgan fingerprint density at radius 2 is 1.89 bits per heavy atom. The summed E-state index contributed by atoms with van der Waals surface area (Å²) in [6.45, 7) is 9.77. The molecule has 1 N–H and O–H groups in total. The largest absolute Gasteiger partial charge is 0.325 e. The fourth-order valence-corrected chi connectivity index (χ4v) is 3.37. The lowest BCUT2D eigenvalue weighted by Crippen LogP contribution is -2.43. The summed E-state index contributed by atoms with van der Waals surface area (Å²) in [5.74, 6) is 1.02. The van der Waals surface area contributed by atoms with E-state index in [1.807, 2.05) is 0 Å². The van der Waals surface area contributed by atoms with Gasteiger partial charge in [0.05, 0.1) is 12.2 Å². The molecule has 0 spiro atoms. The van der Waals surface area contributed by atoms with Gasteiger partial charge in [0.15, 0.2) is 0 Å². The van der Waals surface area contributed by atoms with Crippen molar-refractivity contribution in [1.82, 2.24) is 10.2 Å². The van der Waals surface area contributed by atoms with Gasteiger partial charge in [0.25, 0.3) is 0 Å². The Morgan fingerprint density at radius 3 is 2.42 bits per heavy atom. The highest BCUT2D eigenvalue weighted by Gasteiger charge is 2.42. The maximum Gasteiger partial charge on any atom is 0.241 e. The van der Waals surface area contributed by atoms with Crippen molar-refractivity contribution >= 4 is 5.91 Å². The molecule has 2 atom stereocenters. The molecule has 3 heteroatoms. The number of nitrogens with one attached hydrogen (secondary N) is 1. The number of carbonyl (C=O) groups is 1. The van der Waals surface area contributed by atoms with E-state index in [4.69, 9.17) is 0 Å². The smallest absolute Gasteiger partial charge is 0.241 e. The van der Waals surface area contributed by atoms with Crippen molar-refractivity contribution in [1.29, 1.82) is 0 Å². The Morgan fingerprint density at radius 1 is 1.26 bits per heavy atom. The van der Waals surface area contributed by atoms with Crippen molar-refractivity contribution in [3.05, 3.63) is 0 Å². The maximum absolute atomic E-state index is 12.5. The first kappa shape index (κ1) is 14.8. The van der Waals surface area contributed by atoms with E-state index in [0.717, 1.165) is 19.4 Å². The van der Waals surface area contributed by atoms with E-state index in [9.17, 15) is 4.79 Å². The Labute approximate surface area is 118 Å². The molecule has 19 heavy (non-hydrogen) atoms. The summed E-state index contributed by atoms with van der Waals surface area (Å²) in [4.78, 5) is 14.6. The van der Waals surface area contributed by atoms with Crippen molar-refractivity contribution in [3.8, 4) is 0 Å². The minimum atomic E-state index is 0.0607. The van der Waals surface area contributed by atoms with E-state index in [1.165, 1.54) is 25.7 Å². The Hall–Kier alpha value is -0.570. The molecular weight excluding hydrogens is 236 g/mol. The highest BCUT2D eigenvalue weighted by Crippen LogP contribution is 2.33. The molecule has 110 valence electrons. The molecule has 1 amide bonds. The van der Waals surface area contributed by atoms with Crippen LogP contribution in [0.25, 0.3) is 0 Å². The molecular formula is C16H30N2O. The summed E-state index contributed by atoms with van der Waals surface area (Å²) in [7, 11) is 0. The zero-order valence-corrected chi connectivity index (χ0v) is 13.0. The number of hydrogen-bond acceptors (Lipinski definition) is 2. The average Bonchev–Trinajstić information content (AvgIpc) is 2.93. The predicted molar refractivity (Wildman–Crippen MR) is 78.7 cm³/mol. The van der Waals surface area contributed by atoms with Crippen molar-refractivity contribution in [2.75, 3.05) is 6.54 Å². The summed E-state index contributed by atoms with van der Waals surface area (Å²) in [6, 6.07) is 0.0607. The van der Waals surface area contributed by atoms with E-state index in [1.54, 1.807) is 0 Å².